The number of rotatable bonds is 3. The van der Waals surface area contributed by atoms with Gasteiger partial charge in [-0.3, -0.25) is 9.69 Å². The molecule has 0 N–H and O–H groups in total. The fourth-order valence-corrected chi connectivity index (χ4v) is 1.46. The molecule has 0 aliphatic carbocycles. The molecule has 1 aliphatic rings. The highest BCUT2D eigenvalue weighted by Crippen LogP contribution is 2.08. The van der Waals surface area contributed by atoms with E-state index in [0.29, 0.717) is 12.1 Å². The number of hydrogen-bond acceptors (Lipinski definition) is 2. The molecule has 0 atom stereocenters. The van der Waals surface area contributed by atoms with Gasteiger partial charge in [0.1, 0.15) is 0 Å². The van der Waals surface area contributed by atoms with E-state index in [2.05, 4.69) is 11.5 Å². The summed E-state index contributed by atoms with van der Waals surface area (Å²) in [6.07, 6.45) is 3.80. The fraction of sp³-hybridized carbons (Fsp3) is 0.700. The zero-order valence-electron chi connectivity index (χ0n) is 7.81. The van der Waals surface area contributed by atoms with Crippen LogP contribution in [-0.4, -0.2) is 30.3 Å². The Morgan fingerprint density at radius 2 is 1.92 bits per heavy atom. The lowest BCUT2D eigenvalue weighted by Gasteiger charge is -2.25. The Kier molecular flexibility index (Phi) is 3.48. The Labute approximate surface area is 74.2 Å². The van der Waals surface area contributed by atoms with Crippen LogP contribution in [0.1, 0.15) is 26.2 Å². The van der Waals surface area contributed by atoms with E-state index >= 15 is 0 Å². The summed E-state index contributed by atoms with van der Waals surface area (Å²) in [6.45, 7) is 8.17. The lowest BCUT2D eigenvalue weighted by atomic mass is 10.1. The molecule has 1 fully saturated rings. The Morgan fingerprint density at radius 3 is 2.42 bits per heavy atom. The summed E-state index contributed by atoms with van der Waals surface area (Å²) >= 11 is 0. The van der Waals surface area contributed by atoms with Crippen LogP contribution in [0.25, 0.3) is 0 Å². The SMILES string of the molecule is C=C(C)C(=O)CN1CCCCC1. The third kappa shape index (κ3) is 2.78. The van der Waals surface area contributed by atoms with Crippen LogP contribution in [0.5, 0.6) is 0 Å². The molecule has 68 valence electrons. The van der Waals surface area contributed by atoms with E-state index < -0.39 is 0 Å². The number of nitrogens with zero attached hydrogens (tertiary/aromatic N) is 1. The second-order valence-corrected chi connectivity index (χ2v) is 3.54. The second kappa shape index (κ2) is 4.41. The van der Waals surface area contributed by atoms with Crippen molar-refractivity contribution < 1.29 is 4.79 Å². The van der Waals surface area contributed by atoms with Crippen LogP contribution in [0, 0.1) is 0 Å². The Balaban J connectivity index is 2.29. The summed E-state index contributed by atoms with van der Waals surface area (Å²) in [5.41, 5.74) is 0.681. The molecule has 0 spiro atoms. The molecule has 0 aromatic carbocycles. The van der Waals surface area contributed by atoms with Crippen molar-refractivity contribution in [1.29, 1.82) is 0 Å². The Bertz CT molecular complexity index is 180. The molecule has 0 amide bonds. The molecule has 0 radical (unpaired) electrons. The molecular formula is C10H17NO. The first kappa shape index (κ1) is 9.46. The Morgan fingerprint density at radius 1 is 1.33 bits per heavy atom. The normalized spacial score (nSPS) is 19.1. The van der Waals surface area contributed by atoms with Crippen LogP contribution in [0.4, 0.5) is 0 Å². The lowest BCUT2D eigenvalue weighted by Crippen LogP contribution is -2.34. The highest BCUT2D eigenvalue weighted by atomic mass is 16.1. The predicted molar refractivity (Wildman–Crippen MR) is 50.1 cm³/mol. The van der Waals surface area contributed by atoms with Gasteiger partial charge in [0, 0.05) is 0 Å². The molecule has 0 unspecified atom stereocenters. The number of likely N-dealkylation sites (tertiary alicyclic amines) is 1. The van der Waals surface area contributed by atoms with Gasteiger partial charge in [0.05, 0.1) is 6.54 Å². The number of Topliss-reactive ketones (excluding diaryl/α,β-unsaturated/α-hetero) is 1. The third-order valence-corrected chi connectivity index (χ3v) is 2.29. The smallest absolute Gasteiger partial charge is 0.171 e. The maximum absolute atomic E-state index is 11.3. The summed E-state index contributed by atoms with van der Waals surface area (Å²) in [7, 11) is 0. The molecule has 0 saturated carbocycles. The molecule has 0 aromatic rings. The second-order valence-electron chi connectivity index (χ2n) is 3.54. The van der Waals surface area contributed by atoms with Crippen LogP contribution >= 0.6 is 0 Å². The topological polar surface area (TPSA) is 20.3 Å². The summed E-state index contributed by atoms with van der Waals surface area (Å²) < 4.78 is 0. The Hall–Kier alpha value is -0.630. The van der Waals surface area contributed by atoms with Gasteiger partial charge in [0.15, 0.2) is 5.78 Å². The van der Waals surface area contributed by atoms with Gasteiger partial charge in [-0.2, -0.15) is 0 Å². The van der Waals surface area contributed by atoms with E-state index in [4.69, 9.17) is 0 Å². The predicted octanol–water partition coefficient (Wildman–Crippen LogP) is 1.62. The molecule has 2 nitrogen and oxygen atoms in total. The molecule has 0 bridgehead atoms. The van der Waals surface area contributed by atoms with Gasteiger partial charge in [-0.25, -0.2) is 0 Å². The number of ketones is 1. The lowest BCUT2D eigenvalue weighted by molar-refractivity contribution is -0.116. The number of hydrogen-bond donors (Lipinski definition) is 0. The minimum atomic E-state index is 0.192. The minimum Gasteiger partial charge on any atom is -0.296 e. The quantitative estimate of drug-likeness (QED) is 0.595. The molecular weight excluding hydrogens is 150 g/mol. The average molecular weight is 167 g/mol. The fourth-order valence-electron chi connectivity index (χ4n) is 1.46. The zero-order valence-corrected chi connectivity index (χ0v) is 7.81. The van der Waals surface area contributed by atoms with Crippen molar-refractivity contribution in [2.75, 3.05) is 19.6 Å². The van der Waals surface area contributed by atoms with Gasteiger partial charge in [-0.15, -0.1) is 0 Å². The highest BCUT2D eigenvalue weighted by Gasteiger charge is 2.13. The minimum absolute atomic E-state index is 0.192. The van der Waals surface area contributed by atoms with Crippen LogP contribution in [0.15, 0.2) is 12.2 Å². The van der Waals surface area contributed by atoms with Crippen LogP contribution in [-0.2, 0) is 4.79 Å². The summed E-state index contributed by atoms with van der Waals surface area (Å²) in [5.74, 6) is 0.192. The summed E-state index contributed by atoms with van der Waals surface area (Å²) in [5, 5.41) is 0. The maximum Gasteiger partial charge on any atom is 0.171 e. The van der Waals surface area contributed by atoms with E-state index in [1.807, 2.05) is 0 Å². The maximum atomic E-state index is 11.3. The van der Waals surface area contributed by atoms with E-state index in [1.165, 1.54) is 19.3 Å². The van der Waals surface area contributed by atoms with Crippen molar-refractivity contribution in [2.24, 2.45) is 0 Å². The highest BCUT2D eigenvalue weighted by molar-refractivity contribution is 5.95. The van der Waals surface area contributed by atoms with Gasteiger partial charge in [0.25, 0.3) is 0 Å². The molecule has 1 rings (SSSR count). The molecule has 1 aliphatic heterocycles. The number of piperidine rings is 1. The van der Waals surface area contributed by atoms with Crippen molar-refractivity contribution in [3.05, 3.63) is 12.2 Å². The molecule has 1 saturated heterocycles. The molecule has 12 heavy (non-hydrogen) atoms. The summed E-state index contributed by atoms with van der Waals surface area (Å²) in [4.78, 5) is 13.5. The van der Waals surface area contributed by atoms with Crippen molar-refractivity contribution in [3.63, 3.8) is 0 Å². The van der Waals surface area contributed by atoms with E-state index in [1.54, 1.807) is 6.92 Å². The number of carbonyl (C=O) groups is 1. The first-order valence-electron chi connectivity index (χ1n) is 4.61. The van der Waals surface area contributed by atoms with Gasteiger partial charge >= 0.3 is 0 Å². The number of carbonyl (C=O) groups excluding carboxylic acids is 1. The van der Waals surface area contributed by atoms with Crippen molar-refractivity contribution in [1.82, 2.24) is 4.90 Å². The first-order valence-corrected chi connectivity index (χ1v) is 4.61. The van der Waals surface area contributed by atoms with Crippen LogP contribution in [0.2, 0.25) is 0 Å². The standard InChI is InChI=1S/C10H17NO/c1-9(2)10(12)8-11-6-4-3-5-7-11/h1,3-8H2,2H3. The van der Waals surface area contributed by atoms with Gasteiger partial charge in [-0.1, -0.05) is 13.0 Å². The molecule has 1 heterocycles. The van der Waals surface area contributed by atoms with Crippen LogP contribution < -0.4 is 0 Å². The molecule has 0 aromatic heterocycles. The average Bonchev–Trinajstić information content (AvgIpc) is 2.06. The van der Waals surface area contributed by atoms with Crippen molar-refractivity contribution in [3.8, 4) is 0 Å². The van der Waals surface area contributed by atoms with Crippen LogP contribution in [0.3, 0.4) is 0 Å². The zero-order chi connectivity index (χ0) is 8.97. The largest absolute Gasteiger partial charge is 0.296 e. The van der Waals surface area contributed by atoms with E-state index in [0.717, 1.165) is 13.1 Å². The first-order chi connectivity index (χ1) is 5.70. The third-order valence-electron chi connectivity index (χ3n) is 2.29. The monoisotopic (exact) mass is 167 g/mol. The summed E-state index contributed by atoms with van der Waals surface area (Å²) in [6, 6.07) is 0. The van der Waals surface area contributed by atoms with Gasteiger partial charge < -0.3 is 0 Å². The van der Waals surface area contributed by atoms with Gasteiger partial charge in [0.2, 0.25) is 0 Å². The van der Waals surface area contributed by atoms with Crippen molar-refractivity contribution in [2.45, 2.75) is 26.2 Å². The van der Waals surface area contributed by atoms with Crippen molar-refractivity contribution >= 4 is 5.78 Å². The van der Waals surface area contributed by atoms with E-state index in [9.17, 15) is 4.79 Å². The van der Waals surface area contributed by atoms with E-state index in [-0.39, 0.29) is 5.78 Å². The van der Waals surface area contributed by atoms with Gasteiger partial charge in [-0.05, 0) is 38.4 Å². The molecule has 2 heteroatoms.